The molecule has 13 atom stereocenters. The topological polar surface area (TPSA) is 113 Å². The number of aliphatic hydroxyl groups is 2. The quantitative estimate of drug-likeness (QED) is 0.154. The Kier molecular flexibility index (Phi) is 13.7. The summed E-state index contributed by atoms with van der Waals surface area (Å²) < 4.78 is 41.5. The van der Waals surface area contributed by atoms with Gasteiger partial charge in [0.1, 0.15) is 23.7 Å². The molecule has 0 aromatic heterocycles. The number of hydrogen-bond donors (Lipinski definition) is 2. The maximum atomic E-state index is 14.8. The number of carbonyl (C=O) groups is 1. The number of fused-ring (bicyclic) bond motifs is 2. The Morgan fingerprint density at radius 3 is 2.19 bits per heavy atom. The SMILES string of the molecule is CC[C@H](C)[C@H]1O[C@@]2(C[C@@H]3C[C@@H](C/C=C(\C)[C@H](O)[C@@H](C)/C=C/C=C4\CO[C@@H]5[C@H](O[Si](C)(C)C(C)(C)C)C(C)=C[C@@H](C(=O)O3)[C@]45O)O2)C[C@H](O[Si](C)(C)C(C)(C)C)[C@@H]1C. The van der Waals surface area contributed by atoms with Crippen LogP contribution in [0, 0.1) is 23.7 Å². The van der Waals surface area contributed by atoms with Gasteiger partial charge in [-0.05, 0) is 79.2 Å². The fraction of sp³-hybridized carbons (Fsp3) is 0.804. The first kappa shape index (κ1) is 46.6. The number of hydrogen-bond acceptors (Lipinski definition) is 9. The first-order valence-electron chi connectivity index (χ1n) is 21.8. The van der Waals surface area contributed by atoms with Crippen LogP contribution in [-0.4, -0.2) is 93.5 Å². The zero-order valence-corrected chi connectivity index (χ0v) is 40.2. The molecule has 0 aromatic rings. The zero-order chi connectivity index (χ0) is 42.7. The lowest BCUT2D eigenvalue weighted by molar-refractivity contribution is -0.353. The van der Waals surface area contributed by atoms with E-state index in [9.17, 15) is 15.0 Å². The highest BCUT2D eigenvalue weighted by Crippen LogP contribution is 2.51. The number of ether oxygens (including phenoxy) is 4. The first-order valence-corrected chi connectivity index (χ1v) is 27.6. The number of allylic oxidation sites excluding steroid dienone is 2. The van der Waals surface area contributed by atoms with Gasteiger partial charge in [-0.25, -0.2) is 0 Å². The van der Waals surface area contributed by atoms with Crippen LogP contribution in [0.15, 0.2) is 47.1 Å². The van der Waals surface area contributed by atoms with Gasteiger partial charge >= 0.3 is 5.97 Å². The maximum absolute atomic E-state index is 14.8. The van der Waals surface area contributed by atoms with E-state index in [2.05, 4.69) is 94.6 Å². The third-order valence-corrected chi connectivity index (χ3v) is 24.0. The second kappa shape index (κ2) is 16.8. The summed E-state index contributed by atoms with van der Waals surface area (Å²) in [7, 11) is -4.51. The molecule has 5 rings (SSSR count). The summed E-state index contributed by atoms with van der Waals surface area (Å²) in [6.45, 7) is 35.1. The molecule has 57 heavy (non-hydrogen) atoms. The molecular formula is C46H78O9Si2. The van der Waals surface area contributed by atoms with Crippen LogP contribution >= 0.6 is 0 Å². The van der Waals surface area contributed by atoms with E-state index < -0.39 is 64.3 Å². The summed E-state index contributed by atoms with van der Waals surface area (Å²) >= 11 is 0. The maximum Gasteiger partial charge on any atom is 0.316 e. The van der Waals surface area contributed by atoms with Crippen molar-refractivity contribution >= 4 is 22.6 Å². The van der Waals surface area contributed by atoms with Gasteiger partial charge in [0, 0.05) is 31.1 Å². The second-order valence-electron chi connectivity index (χ2n) is 21.4. The minimum absolute atomic E-state index is 0.0197. The second-order valence-corrected chi connectivity index (χ2v) is 30.9. The molecule has 0 radical (unpaired) electrons. The first-order chi connectivity index (χ1) is 26.2. The Morgan fingerprint density at radius 2 is 1.58 bits per heavy atom. The molecule has 3 saturated heterocycles. The van der Waals surface area contributed by atoms with Crippen molar-refractivity contribution < 1.29 is 42.8 Å². The zero-order valence-electron chi connectivity index (χ0n) is 38.2. The van der Waals surface area contributed by atoms with E-state index in [1.807, 2.05) is 45.1 Å². The minimum Gasteiger partial charge on any atom is -0.462 e. The van der Waals surface area contributed by atoms with Crippen molar-refractivity contribution in [2.24, 2.45) is 23.7 Å². The molecule has 4 aliphatic heterocycles. The van der Waals surface area contributed by atoms with Gasteiger partial charge < -0.3 is 38.0 Å². The molecule has 11 heteroatoms. The predicted octanol–water partition coefficient (Wildman–Crippen LogP) is 9.56. The summed E-state index contributed by atoms with van der Waals surface area (Å²) in [6, 6.07) is 0. The largest absolute Gasteiger partial charge is 0.462 e. The molecule has 3 fully saturated rings. The number of aliphatic hydroxyl groups excluding tert-OH is 1. The smallest absolute Gasteiger partial charge is 0.316 e. The fourth-order valence-corrected chi connectivity index (χ4v) is 11.6. The Bertz CT molecular complexity index is 1590. The third kappa shape index (κ3) is 9.42. The van der Waals surface area contributed by atoms with Crippen LogP contribution in [0.3, 0.4) is 0 Å². The lowest BCUT2D eigenvalue weighted by Gasteiger charge is -2.55. The Hall–Kier alpha value is -1.42. The van der Waals surface area contributed by atoms with Crippen molar-refractivity contribution in [3.8, 4) is 0 Å². The van der Waals surface area contributed by atoms with E-state index in [1.165, 1.54) is 0 Å². The highest BCUT2D eigenvalue weighted by molar-refractivity contribution is 6.74. The van der Waals surface area contributed by atoms with Crippen molar-refractivity contribution in [1.82, 2.24) is 0 Å². The summed E-state index contributed by atoms with van der Waals surface area (Å²) in [5, 5.41) is 24.4. The van der Waals surface area contributed by atoms with E-state index in [4.69, 9.17) is 27.8 Å². The highest BCUT2D eigenvalue weighted by Gasteiger charge is 2.62. The predicted molar refractivity (Wildman–Crippen MR) is 232 cm³/mol. The Balaban J connectivity index is 1.59. The number of carbonyl (C=O) groups excluding carboxylic acids is 1. The van der Waals surface area contributed by atoms with Gasteiger partial charge in [-0.2, -0.15) is 0 Å². The van der Waals surface area contributed by atoms with Crippen molar-refractivity contribution in [3.05, 3.63) is 47.1 Å². The molecule has 5 aliphatic rings. The van der Waals surface area contributed by atoms with Crippen LogP contribution < -0.4 is 0 Å². The van der Waals surface area contributed by atoms with E-state index in [0.717, 1.165) is 17.6 Å². The molecule has 0 aromatic carbocycles. The van der Waals surface area contributed by atoms with Gasteiger partial charge in [0.05, 0.1) is 37.1 Å². The van der Waals surface area contributed by atoms with Crippen molar-refractivity contribution in [2.75, 3.05) is 6.61 Å². The van der Waals surface area contributed by atoms with Crippen molar-refractivity contribution in [2.45, 2.75) is 206 Å². The molecule has 2 bridgehead atoms. The lowest BCUT2D eigenvalue weighted by Crippen LogP contribution is -2.62. The fourth-order valence-electron chi connectivity index (χ4n) is 8.89. The molecule has 9 nitrogen and oxygen atoms in total. The Morgan fingerprint density at radius 1 is 0.947 bits per heavy atom. The van der Waals surface area contributed by atoms with E-state index in [0.29, 0.717) is 31.3 Å². The normalized spacial score (nSPS) is 41.6. The molecule has 1 spiro atoms. The van der Waals surface area contributed by atoms with Crippen LogP contribution in [-0.2, 0) is 32.6 Å². The average molecular weight is 831 g/mol. The summed E-state index contributed by atoms with van der Waals surface area (Å²) in [4.78, 5) is 14.8. The lowest BCUT2D eigenvalue weighted by atomic mass is 9.71. The molecule has 1 aliphatic carbocycles. The molecule has 4 heterocycles. The monoisotopic (exact) mass is 831 g/mol. The molecule has 0 unspecified atom stereocenters. The van der Waals surface area contributed by atoms with Gasteiger partial charge in [-0.1, -0.05) is 106 Å². The van der Waals surface area contributed by atoms with E-state index >= 15 is 0 Å². The third-order valence-electron chi connectivity index (χ3n) is 15.0. The Labute approximate surface area is 347 Å². The minimum atomic E-state index is -2.32. The summed E-state index contributed by atoms with van der Waals surface area (Å²) in [5.74, 6) is -2.38. The van der Waals surface area contributed by atoms with Crippen LogP contribution in [0.1, 0.15) is 115 Å². The van der Waals surface area contributed by atoms with Crippen LogP contribution in [0.2, 0.25) is 36.3 Å². The molecule has 0 amide bonds. The number of esters is 1. The van der Waals surface area contributed by atoms with E-state index in [1.54, 1.807) is 0 Å². The average Bonchev–Trinajstić information content (AvgIpc) is 3.43. The molecule has 324 valence electrons. The molecular weight excluding hydrogens is 753 g/mol. The van der Waals surface area contributed by atoms with Gasteiger partial charge in [0.25, 0.3) is 0 Å². The van der Waals surface area contributed by atoms with Crippen molar-refractivity contribution in [1.29, 1.82) is 0 Å². The van der Waals surface area contributed by atoms with Gasteiger partial charge in [-0.3, -0.25) is 4.79 Å². The van der Waals surface area contributed by atoms with Crippen LogP contribution in [0.5, 0.6) is 0 Å². The molecule has 2 N–H and O–H groups in total. The summed E-state index contributed by atoms with van der Waals surface area (Å²) in [6.07, 6.45) is 9.20. The van der Waals surface area contributed by atoms with Gasteiger partial charge in [-0.15, -0.1) is 0 Å². The van der Waals surface area contributed by atoms with E-state index in [-0.39, 0.29) is 52.7 Å². The van der Waals surface area contributed by atoms with Crippen molar-refractivity contribution in [3.63, 3.8) is 0 Å². The number of rotatable bonds is 6. The summed E-state index contributed by atoms with van der Waals surface area (Å²) in [5.41, 5.74) is 0.589. The molecule has 0 saturated carbocycles. The van der Waals surface area contributed by atoms with Crippen LogP contribution in [0.4, 0.5) is 0 Å². The standard InChI is InChI=1S/C46H78O9Si2/c1-17-28(2)39-32(6)37(54-56(13,14)43(7,8)9)26-45(53-39)25-35-24-34(52-45)22-21-30(4)38(47)29(3)19-18-20-33-27-50-41-40(55-57(15,16)44(10,11)12)31(5)23-36(42(48)51-35)46(33,41)49/h18-21,23,28-29,32,34-41,47,49H,17,22,24-27H2,1-16H3/b19-18+,30-21+,33-20+/t28-,29-,32-,34+,35-,36-,37-,38+,39+,40+,41+,45-,46+/m0/s1. The van der Waals surface area contributed by atoms with Gasteiger partial charge in [0.2, 0.25) is 0 Å². The highest BCUT2D eigenvalue weighted by atomic mass is 28.4. The van der Waals surface area contributed by atoms with Crippen LogP contribution in [0.25, 0.3) is 0 Å². The van der Waals surface area contributed by atoms with Gasteiger partial charge in [0.15, 0.2) is 22.4 Å².